The summed E-state index contributed by atoms with van der Waals surface area (Å²) in [6.07, 6.45) is 0.652. The zero-order valence-electron chi connectivity index (χ0n) is 6.76. The van der Waals surface area contributed by atoms with E-state index in [1.165, 1.54) is 0 Å². The van der Waals surface area contributed by atoms with E-state index in [1.54, 1.807) is 0 Å². The van der Waals surface area contributed by atoms with E-state index in [2.05, 4.69) is 0 Å². The molecule has 2 atom stereocenters. The van der Waals surface area contributed by atoms with Crippen LogP contribution in [0.3, 0.4) is 0 Å². The first-order chi connectivity index (χ1) is 4.09. The van der Waals surface area contributed by atoms with E-state index in [4.69, 9.17) is 0 Å². The van der Waals surface area contributed by atoms with Crippen molar-refractivity contribution in [1.29, 1.82) is 0 Å². The molecule has 2 nitrogen and oxygen atoms in total. The standard InChI is InChI=1S/C7H17NO/c1-5-7(9)6(2)8(3)4/h6-7,9H,5H2,1-4H3/t6-,7+/m0/s1. The molecule has 0 bridgehead atoms. The molecule has 0 aliphatic rings. The second-order valence-electron chi connectivity index (χ2n) is 2.68. The van der Waals surface area contributed by atoms with Crippen molar-refractivity contribution in [3.63, 3.8) is 0 Å². The summed E-state index contributed by atoms with van der Waals surface area (Å²) < 4.78 is 0. The van der Waals surface area contributed by atoms with E-state index in [9.17, 15) is 5.11 Å². The third-order valence-electron chi connectivity index (χ3n) is 1.79. The number of hydrogen-bond donors (Lipinski definition) is 1. The van der Waals surface area contributed by atoms with E-state index < -0.39 is 0 Å². The second-order valence-corrected chi connectivity index (χ2v) is 2.68. The number of likely N-dealkylation sites (N-methyl/N-ethyl adjacent to an activating group) is 1. The zero-order chi connectivity index (χ0) is 7.44. The molecule has 0 aliphatic carbocycles. The molecule has 0 aromatic carbocycles. The highest BCUT2D eigenvalue weighted by Gasteiger charge is 2.12. The average molecular weight is 131 g/mol. The maximum Gasteiger partial charge on any atom is 0.0689 e. The number of nitrogens with zero attached hydrogens (tertiary/aromatic N) is 1. The number of aliphatic hydroxyl groups is 1. The Morgan fingerprint density at radius 1 is 1.44 bits per heavy atom. The minimum Gasteiger partial charge on any atom is -0.392 e. The highest BCUT2D eigenvalue weighted by atomic mass is 16.3. The van der Waals surface area contributed by atoms with Gasteiger partial charge >= 0.3 is 0 Å². The Morgan fingerprint density at radius 2 is 1.89 bits per heavy atom. The molecule has 0 unspecified atom stereocenters. The summed E-state index contributed by atoms with van der Waals surface area (Å²) >= 11 is 0. The van der Waals surface area contributed by atoms with Crippen LogP contribution in [0.25, 0.3) is 0 Å². The molecule has 0 amide bonds. The van der Waals surface area contributed by atoms with Gasteiger partial charge in [-0.3, -0.25) is 0 Å². The van der Waals surface area contributed by atoms with Gasteiger partial charge in [0.15, 0.2) is 0 Å². The fourth-order valence-corrected chi connectivity index (χ4v) is 0.685. The largest absolute Gasteiger partial charge is 0.392 e. The maximum atomic E-state index is 9.26. The molecular weight excluding hydrogens is 114 g/mol. The van der Waals surface area contributed by atoms with Gasteiger partial charge in [-0.1, -0.05) is 6.92 Å². The lowest BCUT2D eigenvalue weighted by atomic mass is 10.1. The predicted octanol–water partition coefficient (Wildman–Crippen LogP) is 0.707. The van der Waals surface area contributed by atoms with Gasteiger partial charge in [0.1, 0.15) is 0 Å². The van der Waals surface area contributed by atoms with Gasteiger partial charge in [0.05, 0.1) is 6.10 Å². The smallest absolute Gasteiger partial charge is 0.0689 e. The fraction of sp³-hybridized carbons (Fsp3) is 1.00. The Kier molecular flexibility index (Phi) is 3.82. The van der Waals surface area contributed by atoms with Crippen molar-refractivity contribution < 1.29 is 5.11 Å². The van der Waals surface area contributed by atoms with E-state index >= 15 is 0 Å². The van der Waals surface area contributed by atoms with Gasteiger partial charge in [-0.25, -0.2) is 0 Å². The monoisotopic (exact) mass is 131 g/mol. The SMILES string of the molecule is CC[C@@H](O)[C@H](C)N(C)C. The Balaban J connectivity index is 3.58. The Hall–Kier alpha value is -0.0800. The van der Waals surface area contributed by atoms with Crippen molar-refractivity contribution in [2.24, 2.45) is 0 Å². The predicted molar refractivity (Wildman–Crippen MR) is 39.4 cm³/mol. The summed E-state index contributed by atoms with van der Waals surface area (Å²) in [6.45, 7) is 4.01. The lowest BCUT2D eigenvalue weighted by Crippen LogP contribution is -2.35. The van der Waals surface area contributed by atoms with Gasteiger partial charge in [0.25, 0.3) is 0 Å². The van der Waals surface area contributed by atoms with E-state index in [-0.39, 0.29) is 12.1 Å². The molecule has 56 valence electrons. The normalized spacial score (nSPS) is 18.0. The van der Waals surface area contributed by atoms with Crippen LogP contribution in [0.2, 0.25) is 0 Å². The minimum atomic E-state index is -0.181. The lowest BCUT2D eigenvalue weighted by molar-refractivity contribution is 0.0828. The quantitative estimate of drug-likeness (QED) is 0.609. The molecule has 0 aromatic heterocycles. The van der Waals surface area contributed by atoms with Gasteiger partial charge in [0.2, 0.25) is 0 Å². The van der Waals surface area contributed by atoms with Crippen molar-refractivity contribution in [3.05, 3.63) is 0 Å². The first-order valence-corrected chi connectivity index (χ1v) is 3.44. The average Bonchev–Trinajstić information content (AvgIpc) is 1.84. The van der Waals surface area contributed by atoms with Crippen LogP contribution < -0.4 is 0 Å². The van der Waals surface area contributed by atoms with Crippen molar-refractivity contribution in [2.75, 3.05) is 14.1 Å². The Bertz CT molecular complexity index is 73.3. The number of hydrogen-bond acceptors (Lipinski definition) is 2. The Labute approximate surface area is 57.5 Å². The van der Waals surface area contributed by atoms with Gasteiger partial charge in [-0.15, -0.1) is 0 Å². The first kappa shape index (κ1) is 8.92. The first-order valence-electron chi connectivity index (χ1n) is 3.44. The third kappa shape index (κ3) is 2.82. The fourth-order valence-electron chi connectivity index (χ4n) is 0.685. The summed E-state index contributed by atoms with van der Waals surface area (Å²) in [4.78, 5) is 2.02. The molecule has 0 saturated heterocycles. The van der Waals surface area contributed by atoms with Crippen LogP contribution in [0, 0.1) is 0 Å². The van der Waals surface area contributed by atoms with Gasteiger partial charge < -0.3 is 10.0 Å². The topological polar surface area (TPSA) is 23.5 Å². The second kappa shape index (κ2) is 3.85. The molecule has 0 rings (SSSR count). The molecule has 0 aromatic rings. The summed E-state index contributed by atoms with van der Waals surface area (Å²) in [7, 11) is 3.95. The Morgan fingerprint density at radius 3 is 2.00 bits per heavy atom. The van der Waals surface area contributed by atoms with Crippen molar-refractivity contribution >= 4 is 0 Å². The minimum absolute atomic E-state index is 0.181. The molecule has 0 fully saturated rings. The van der Waals surface area contributed by atoms with E-state index in [1.807, 2.05) is 32.8 Å². The molecule has 9 heavy (non-hydrogen) atoms. The van der Waals surface area contributed by atoms with Crippen LogP contribution in [-0.2, 0) is 0 Å². The summed E-state index contributed by atoms with van der Waals surface area (Å²) in [6, 6.07) is 0.273. The molecule has 0 radical (unpaired) electrons. The number of aliphatic hydroxyl groups excluding tert-OH is 1. The molecule has 0 heterocycles. The van der Waals surface area contributed by atoms with Gasteiger partial charge in [-0.2, -0.15) is 0 Å². The van der Waals surface area contributed by atoms with E-state index in [0.717, 1.165) is 6.42 Å². The maximum absolute atomic E-state index is 9.26. The van der Waals surface area contributed by atoms with Crippen LogP contribution >= 0.6 is 0 Å². The highest BCUT2D eigenvalue weighted by molar-refractivity contribution is 4.67. The highest BCUT2D eigenvalue weighted by Crippen LogP contribution is 2.01. The molecule has 0 spiro atoms. The molecular formula is C7H17NO. The van der Waals surface area contributed by atoms with Crippen LogP contribution in [0.15, 0.2) is 0 Å². The lowest BCUT2D eigenvalue weighted by Gasteiger charge is -2.23. The molecule has 0 saturated carbocycles. The van der Waals surface area contributed by atoms with Crippen molar-refractivity contribution in [1.82, 2.24) is 4.90 Å². The third-order valence-corrected chi connectivity index (χ3v) is 1.79. The van der Waals surface area contributed by atoms with Gasteiger partial charge in [0, 0.05) is 6.04 Å². The van der Waals surface area contributed by atoms with Crippen LogP contribution in [0.5, 0.6) is 0 Å². The molecule has 2 heteroatoms. The van der Waals surface area contributed by atoms with Crippen molar-refractivity contribution in [2.45, 2.75) is 32.4 Å². The molecule has 0 aliphatic heterocycles. The number of rotatable bonds is 3. The summed E-state index contributed by atoms with van der Waals surface area (Å²) in [5.74, 6) is 0. The molecule has 1 N–H and O–H groups in total. The van der Waals surface area contributed by atoms with Crippen LogP contribution in [-0.4, -0.2) is 36.2 Å². The zero-order valence-corrected chi connectivity index (χ0v) is 6.76. The summed E-state index contributed by atoms with van der Waals surface area (Å²) in [5.41, 5.74) is 0. The van der Waals surface area contributed by atoms with Crippen LogP contribution in [0.4, 0.5) is 0 Å². The van der Waals surface area contributed by atoms with Gasteiger partial charge in [-0.05, 0) is 27.4 Å². The van der Waals surface area contributed by atoms with Crippen LogP contribution in [0.1, 0.15) is 20.3 Å². The van der Waals surface area contributed by atoms with E-state index in [0.29, 0.717) is 0 Å². The summed E-state index contributed by atoms with van der Waals surface area (Å²) in [5, 5.41) is 9.26. The van der Waals surface area contributed by atoms with Crippen molar-refractivity contribution in [3.8, 4) is 0 Å².